The molecule has 3 heteroatoms. The van der Waals surface area contributed by atoms with Gasteiger partial charge in [0.1, 0.15) is 11.9 Å². The molecule has 0 unspecified atom stereocenters. The van der Waals surface area contributed by atoms with Gasteiger partial charge in [-0.15, -0.1) is 0 Å². The Labute approximate surface area is 76.2 Å². The van der Waals surface area contributed by atoms with Crippen LogP contribution in [0.3, 0.4) is 0 Å². The minimum absolute atomic E-state index is 0.0232. The number of benzene rings is 1. The average Bonchev–Trinajstić information content (AvgIpc) is 2.56. The van der Waals surface area contributed by atoms with Gasteiger partial charge in [-0.05, 0) is 6.07 Å². The Morgan fingerprint density at radius 3 is 2.92 bits per heavy atom. The van der Waals surface area contributed by atoms with Crippen LogP contribution in [0.5, 0.6) is 5.75 Å². The van der Waals surface area contributed by atoms with Gasteiger partial charge >= 0.3 is 0 Å². The zero-order valence-corrected chi connectivity index (χ0v) is 7.10. The van der Waals surface area contributed by atoms with Crippen LogP contribution in [0.2, 0.25) is 0 Å². The molecule has 0 amide bonds. The molecule has 68 valence electrons. The van der Waals surface area contributed by atoms with Gasteiger partial charge in [0.2, 0.25) is 6.29 Å². The van der Waals surface area contributed by atoms with E-state index >= 15 is 0 Å². The molecular formula is C10H10O3. The van der Waals surface area contributed by atoms with Gasteiger partial charge in [-0.25, -0.2) is 0 Å². The highest BCUT2D eigenvalue weighted by atomic mass is 16.7. The number of ether oxygens (including phenoxy) is 3. The van der Waals surface area contributed by atoms with E-state index in [0.717, 1.165) is 11.3 Å². The predicted octanol–water partition coefficient (Wildman–Crippen LogP) is 1.49. The van der Waals surface area contributed by atoms with Gasteiger partial charge in [-0.1, -0.05) is 18.2 Å². The molecule has 3 rings (SSSR count). The lowest BCUT2D eigenvalue weighted by molar-refractivity contribution is -0.200. The van der Waals surface area contributed by atoms with Crippen molar-refractivity contribution in [1.82, 2.24) is 0 Å². The van der Waals surface area contributed by atoms with Crippen LogP contribution in [0.1, 0.15) is 11.7 Å². The number of rotatable bonds is 0. The Bertz CT molecular complexity index is 324. The highest BCUT2D eigenvalue weighted by Crippen LogP contribution is 2.40. The van der Waals surface area contributed by atoms with Gasteiger partial charge in [0, 0.05) is 5.56 Å². The molecule has 0 aliphatic carbocycles. The third kappa shape index (κ3) is 1.04. The predicted molar refractivity (Wildman–Crippen MR) is 45.5 cm³/mol. The quantitative estimate of drug-likeness (QED) is 0.602. The summed E-state index contributed by atoms with van der Waals surface area (Å²) in [5.74, 6) is 0.888. The Kier molecular flexibility index (Phi) is 1.54. The third-order valence-electron chi connectivity index (χ3n) is 2.38. The second kappa shape index (κ2) is 2.72. The van der Waals surface area contributed by atoms with Crippen molar-refractivity contribution >= 4 is 0 Å². The van der Waals surface area contributed by atoms with Crippen molar-refractivity contribution in [3.05, 3.63) is 29.8 Å². The summed E-state index contributed by atoms with van der Waals surface area (Å²) in [4.78, 5) is 0. The summed E-state index contributed by atoms with van der Waals surface area (Å²) in [6.07, 6.45) is -0.254. The number of hydrogen-bond donors (Lipinski definition) is 0. The van der Waals surface area contributed by atoms with Crippen molar-refractivity contribution in [3.63, 3.8) is 0 Å². The molecule has 2 atom stereocenters. The molecule has 13 heavy (non-hydrogen) atoms. The van der Waals surface area contributed by atoms with Crippen LogP contribution >= 0.6 is 0 Å². The highest BCUT2D eigenvalue weighted by molar-refractivity contribution is 5.39. The van der Waals surface area contributed by atoms with Crippen LogP contribution in [-0.4, -0.2) is 19.5 Å². The standard InChI is InChI=1S/C10H10O3/c1-2-4-8-7(3-1)9-10(13-8)12-6-5-11-9/h1-4,9-10H,5-6H2/t9-,10+/m0/s1. The van der Waals surface area contributed by atoms with Crippen LogP contribution in [0.25, 0.3) is 0 Å². The van der Waals surface area contributed by atoms with Gasteiger partial charge in [0.15, 0.2) is 0 Å². The molecule has 3 nitrogen and oxygen atoms in total. The van der Waals surface area contributed by atoms with Gasteiger partial charge in [0.05, 0.1) is 13.2 Å². The maximum Gasteiger partial charge on any atom is 0.230 e. The summed E-state index contributed by atoms with van der Waals surface area (Å²) in [7, 11) is 0. The monoisotopic (exact) mass is 178 g/mol. The van der Waals surface area contributed by atoms with Crippen molar-refractivity contribution in [2.75, 3.05) is 13.2 Å². The highest BCUT2D eigenvalue weighted by Gasteiger charge is 2.37. The van der Waals surface area contributed by atoms with Gasteiger partial charge in [-0.3, -0.25) is 0 Å². The smallest absolute Gasteiger partial charge is 0.230 e. The largest absolute Gasteiger partial charge is 0.461 e. The zero-order valence-electron chi connectivity index (χ0n) is 7.10. The van der Waals surface area contributed by atoms with Crippen LogP contribution in [0.15, 0.2) is 24.3 Å². The van der Waals surface area contributed by atoms with E-state index in [0.29, 0.717) is 13.2 Å². The van der Waals surface area contributed by atoms with E-state index in [9.17, 15) is 0 Å². The molecule has 0 radical (unpaired) electrons. The molecule has 1 fully saturated rings. The molecule has 0 spiro atoms. The van der Waals surface area contributed by atoms with E-state index in [4.69, 9.17) is 14.2 Å². The number of fused-ring (bicyclic) bond motifs is 3. The lowest BCUT2D eigenvalue weighted by Crippen LogP contribution is -2.31. The Morgan fingerprint density at radius 2 is 1.92 bits per heavy atom. The summed E-state index contributed by atoms with van der Waals surface area (Å²) in [5, 5.41) is 0. The molecule has 0 N–H and O–H groups in total. The van der Waals surface area contributed by atoms with E-state index in [1.165, 1.54) is 0 Å². The van der Waals surface area contributed by atoms with E-state index < -0.39 is 0 Å². The Morgan fingerprint density at radius 1 is 1.08 bits per heavy atom. The first kappa shape index (κ1) is 7.35. The first-order valence-electron chi connectivity index (χ1n) is 4.44. The van der Waals surface area contributed by atoms with Gasteiger partial charge in [-0.2, -0.15) is 0 Å². The molecule has 1 saturated heterocycles. The lowest BCUT2D eigenvalue weighted by Gasteiger charge is -2.24. The van der Waals surface area contributed by atoms with Crippen LogP contribution < -0.4 is 4.74 Å². The maximum absolute atomic E-state index is 5.58. The van der Waals surface area contributed by atoms with Crippen LogP contribution in [0, 0.1) is 0 Å². The Hall–Kier alpha value is -1.06. The fraction of sp³-hybridized carbons (Fsp3) is 0.400. The van der Waals surface area contributed by atoms with Gasteiger partial charge < -0.3 is 14.2 Å². The summed E-state index contributed by atoms with van der Waals surface area (Å²) in [5.41, 5.74) is 1.10. The SMILES string of the molecule is c1ccc2c(c1)O[C@H]1OCCO[C@@H]21. The first-order valence-corrected chi connectivity index (χ1v) is 4.44. The van der Waals surface area contributed by atoms with Crippen LogP contribution in [-0.2, 0) is 9.47 Å². The number of para-hydroxylation sites is 1. The third-order valence-corrected chi connectivity index (χ3v) is 2.38. The van der Waals surface area contributed by atoms with Crippen molar-refractivity contribution in [1.29, 1.82) is 0 Å². The zero-order chi connectivity index (χ0) is 8.67. The van der Waals surface area contributed by atoms with Crippen LogP contribution in [0.4, 0.5) is 0 Å². The summed E-state index contributed by atoms with van der Waals surface area (Å²) in [6.45, 7) is 1.27. The lowest BCUT2D eigenvalue weighted by atomic mass is 10.1. The summed E-state index contributed by atoms with van der Waals surface area (Å²) in [6, 6.07) is 7.91. The van der Waals surface area contributed by atoms with E-state index in [2.05, 4.69) is 0 Å². The molecule has 0 aromatic heterocycles. The molecule has 1 aromatic carbocycles. The molecule has 2 heterocycles. The molecule has 2 aliphatic rings. The molecule has 2 aliphatic heterocycles. The topological polar surface area (TPSA) is 27.7 Å². The molecule has 0 bridgehead atoms. The fourth-order valence-corrected chi connectivity index (χ4v) is 1.79. The van der Waals surface area contributed by atoms with Gasteiger partial charge in [0.25, 0.3) is 0 Å². The minimum Gasteiger partial charge on any atom is -0.461 e. The van der Waals surface area contributed by atoms with E-state index in [1.807, 2.05) is 24.3 Å². The van der Waals surface area contributed by atoms with Crippen molar-refractivity contribution < 1.29 is 14.2 Å². The second-order valence-electron chi connectivity index (χ2n) is 3.19. The molecule has 1 aromatic rings. The van der Waals surface area contributed by atoms with Crippen molar-refractivity contribution in [3.8, 4) is 5.75 Å². The van der Waals surface area contributed by atoms with Crippen molar-refractivity contribution in [2.45, 2.75) is 12.4 Å². The van der Waals surface area contributed by atoms with E-state index in [-0.39, 0.29) is 12.4 Å². The fourth-order valence-electron chi connectivity index (χ4n) is 1.79. The minimum atomic E-state index is -0.230. The molecular weight excluding hydrogens is 168 g/mol. The summed E-state index contributed by atoms with van der Waals surface area (Å²) >= 11 is 0. The maximum atomic E-state index is 5.58. The van der Waals surface area contributed by atoms with E-state index in [1.54, 1.807) is 0 Å². The normalized spacial score (nSPS) is 30.5. The number of hydrogen-bond acceptors (Lipinski definition) is 3. The average molecular weight is 178 g/mol. The first-order chi connectivity index (χ1) is 6.45. The molecule has 0 saturated carbocycles. The van der Waals surface area contributed by atoms with Crippen molar-refractivity contribution in [2.24, 2.45) is 0 Å². The summed E-state index contributed by atoms with van der Waals surface area (Å²) < 4.78 is 16.6. The Balaban J connectivity index is 2.01. The second-order valence-corrected chi connectivity index (χ2v) is 3.19.